The van der Waals surface area contributed by atoms with Gasteiger partial charge in [0, 0.05) is 12.3 Å². The van der Waals surface area contributed by atoms with Crippen LogP contribution in [0.5, 0.6) is 0 Å². The van der Waals surface area contributed by atoms with Gasteiger partial charge >= 0.3 is 0 Å². The van der Waals surface area contributed by atoms with Crippen LogP contribution < -0.4 is 5.32 Å². The van der Waals surface area contributed by atoms with Gasteiger partial charge in [0.05, 0.1) is 12.0 Å². The lowest BCUT2D eigenvalue weighted by atomic mass is 9.81. The van der Waals surface area contributed by atoms with E-state index in [4.69, 9.17) is 4.74 Å². The minimum absolute atomic E-state index is 0.196. The van der Waals surface area contributed by atoms with E-state index in [1.165, 1.54) is 17.2 Å². The predicted molar refractivity (Wildman–Crippen MR) is 68.3 cm³/mol. The van der Waals surface area contributed by atoms with Crippen molar-refractivity contribution in [1.29, 1.82) is 0 Å². The molecule has 6 heteroatoms. The third-order valence-corrected chi connectivity index (χ3v) is 3.70. The van der Waals surface area contributed by atoms with Crippen molar-refractivity contribution in [3.63, 3.8) is 0 Å². The minimum Gasteiger partial charge on any atom is -0.393 e. The summed E-state index contributed by atoms with van der Waals surface area (Å²) in [4.78, 5) is 12.6. The quantitative estimate of drug-likeness (QED) is 0.610. The summed E-state index contributed by atoms with van der Waals surface area (Å²) in [6.45, 7) is 9.38. The highest BCUT2D eigenvalue weighted by Crippen LogP contribution is 2.45. The highest BCUT2D eigenvalue weighted by atomic mass is 16.5. The number of carbonyl (C=O) groups excluding carboxylic acids is 1. The molecule has 2 aliphatic heterocycles. The van der Waals surface area contributed by atoms with E-state index in [0.717, 1.165) is 0 Å². The van der Waals surface area contributed by atoms with Crippen molar-refractivity contribution in [2.24, 2.45) is 5.41 Å². The summed E-state index contributed by atoms with van der Waals surface area (Å²) < 4.78 is 5.72. The van der Waals surface area contributed by atoms with Crippen LogP contribution in [-0.2, 0) is 9.53 Å². The van der Waals surface area contributed by atoms with E-state index in [1.807, 2.05) is 6.92 Å². The van der Waals surface area contributed by atoms with E-state index in [9.17, 15) is 15.0 Å². The van der Waals surface area contributed by atoms with Crippen molar-refractivity contribution in [1.82, 2.24) is 10.2 Å². The Morgan fingerprint density at radius 2 is 2.37 bits per heavy atom. The summed E-state index contributed by atoms with van der Waals surface area (Å²) in [5.74, 6) is -0.375. The summed E-state index contributed by atoms with van der Waals surface area (Å²) in [5.41, 5.74) is 0.0494. The van der Waals surface area contributed by atoms with Crippen LogP contribution in [0.4, 0.5) is 0 Å². The number of amides is 1. The van der Waals surface area contributed by atoms with Crippen molar-refractivity contribution in [3.05, 3.63) is 37.1 Å². The molecule has 0 aromatic rings. The molecule has 1 unspecified atom stereocenters. The highest BCUT2D eigenvalue weighted by Gasteiger charge is 2.50. The lowest BCUT2D eigenvalue weighted by molar-refractivity contribution is -0.151. The number of hydrogen-bond acceptors (Lipinski definition) is 5. The van der Waals surface area contributed by atoms with E-state index in [-0.39, 0.29) is 12.5 Å². The van der Waals surface area contributed by atoms with Crippen molar-refractivity contribution < 1.29 is 19.7 Å². The molecule has 1 fully saturated rings. The van der Waals surface area contributed by atoms with Crippen molar-refractivity contribution in [3.8, 4) is 0 Å². The van der Waals surface area contributed by atoms with Gasteiger partial charge in [0.2, 0.25) is 12.3 Å². The first-order valence-electron chi connectivity index (χ1n) is 5.97. The zero-order valence-electron chi connectivity index (χ0n) is 10.7. The summed E-state index contributed by atoms with van der Waals surface area (Å²) in [7, 11) is 0. The van der Waals surface area contributed by atoms with E-state index < -0.39 is 24.1 Å². The van der Waals surface area contributed by atoms with Crippen LogP contribution in [0.2, 0.25) is 0 Å². The molecule has 0 radical (unpaired) electrons. The third-order valence-electron chi connectivity index (χ3n) is 3.70. The Balaban J connectivity index is 2.33. The second kappa shape index (κ2) is 4.80. The maximum absolute atomic E-state index is 11.1. The maximum Gasteiger partial charge on any atom is 0.248 e. The van der Waals surface area contributed by atoms with E-state index in [0.29, 0.717) is 5.57 Å². The molecule has 1 saturated heterocycles. The van der Waals surface area contributed by atoms with Gasteiger partial charge in [-0.15, -0.1) is 6.58 Å². The van der Waals surface area contributed by atoms with Crippen LogP contribution in [0.3, 0.4) is 0 Å². The Bertz CT molecular complexity index is 448. The standard InChI is InChI=1S/C13H18N2O4/c1-4-13(3)8(2)9(7-16)19-11(13)15-6-5-10(17)14-12(15)18/h4-6,9,11-12,16,18H,1-2,7H2,3H3,(H,14,17)/t9-,11-,12?,13-/m1/s1. The molecular formula is C13H18N2O4. The van der Waals surface area contributed by atoms with Crippen LogP contribution in [-0.4, -0.2) is 46.3 Å². The second-order valence-corrected chi connectivity index (χ2v) is 4.82. The summed E-state index contributed by atoms with van der Waals surface area (Å²) >= 11 is 0. The molecule has 0 bridgehead atoms. The first-order chi connectivity index (χ1) is 8.93. The molecule has 0 spiro atoms. The van der Waals surface area contributed by atoms with Gasteiger partial charge in [0.1, 0.15) is 12.3 Å². The minimum atomic E-state index is -1.19. The molecule has 0 aromatic carbocycles. The molecule has 104 valence electrons. The van der Waals surface area contributed by atoms with Gasteiger partial charge in [-0.3, -0.25) is 4.79 Å². The fourth-order valence-electron chi connectivity index (χ4n) is 2.34. The number of aliphatic hydroxyl groups excluding tert-OH is 2. The molecule has 4 atom stereocenters. The van der Waals surface area contributed by atoms with E-state index >= 15 is 0 Å². The molecular weight excluding hydrogens is 248 g/mol. The third kappa shape index (κ3) is 2.07. The SMILES string of the molecule is C=C[C@]1(C)C(=C)[C@@H](CO)O[C@H]1N1C=CC(=O)NC1O. The summed E-state index contributed by atoms with van der Waals surface area (Å²) in [6, 6.07) is 0. The molecule has 2 rings (SSSR count). The molecule has 2 heterocycles. The Morgan fingerprint density at radius 3 is 2.89 bits per heavy atom. The number of hydrogen-bond donors (Lipinski definition) is 3. The van der Waals surface area contributed by atoms with Gasteiger partial charge in [0.25, 0.3) is 0 Å². The average Bonchev–Trinajstić information content (AvgIpc) is 2.63. The van der Waals surface area contributed by atoms with E-state index in [1.54, 1.807) is 6.08 Å². The molecule has 1 amide bonds. The van der Waals surface area contributed by atoms with Gasteiger partial charge in [0.15, 0.2) is 0 Å². The van der Waals surface area contributed by atoms with Gasteiger partial charge in [-0.2, -0.15) is 0 Å². The number of carbonyl (C=O) groups is 1. The Kier molecular flexibility index (Phi) is 3.49. The largest absolute Gasteiger partial charge is 0.393 e. The Labute approximate surface area is 111 Å². The van der Waals surface area contributed by atoms with Crippen LogP contribution in [0.25, 0.3) is 0 Å². The first kappa shape index (κ1) is 13.8. The Hall–Kier alpha value is -1.63. The fraction of sp³-hybridized carbons (Fsp3) is 0.462. The zero-order chi connectivity index (χ0) is 14.2. The van der Waals surface area contributed by atoms with Crippen molar-refractivity contribution in [2.45, 2.75) is 25.6 Å². The maximum atomic E-state index is 11.1. The van der Waals surface area contributed by atoms with Gasteiger partial charge in [-0.1, -0.05) is 12.7 Å². The van der Waals surface area contributed by atoms with Gasteiger partial charge in [-0.25, -0.2) is 0 Å². The molecule has 6 nitrogen and oxygen atoms in total. The Morgan fingerprint density at radius 1 is 1.68 bits per heavy atom. The van der Waals surface area contributed by atoms with Crippen LogP contribution in [0.15, 0.2) is 37.1 Å². The predicted octanol–water partition coefficient (Wildman–Crippen LogP) is -0.327. The van der Waals surface area contributed by atoms with Crippen LogP contribution in [0, 0.1) is 5.41 Å². The first-order valence-corrected chi connectivity index (χ1v) is 5.97. The number of aliphatic hydroxyl groups is 2. The molecule has 3 N–H and O–H groups in total. The van der Waals surface area contributed by atoms with Crippen LogP contribution in [0.1, 0.15) is 6.92 Å². The topological polar surface area (TPSA) is 82.0 Å². The zero-order valence-corrected chi connectivity index (χ0v) is 10.7. The van der Waals surface area contributed by atoms with Crippen molar-refractivity contribution in [2.75, 3.05) is 6.61 Å². The van der Waals surface area contributed by atoms with Gasteiger partial charge in [-0.05, 0) is 12.5 Å². The fourth-order valence-corrected chi connectivity index (χ4v) is 2.34. The molecule has 0 aliphatic carbocycles. The summed E-state index contributed by atoms with van der Waals surface area (Å²) in [5, 5.41) is 21.6. The lowest BCUT2D eigenvalue weighted by Crippen LogP contribution is -2.55. The number of nitrogens with one attached hydrogen (secondary N) is 1. The van der Waals surface area contributed by atoms with E-state index in [2.05, 4.69) is 18.5 Å². The smallest absolute Gasteiger partial charge is 0.248 e. The number of ether oxygens (including phenoxy) is 1. The van der Waals surface area contributed by atoms with Crippen molar-refractivity contribution >= 4 is 5.91 Å². The molecule has 2 aliphatic rings. The lowest BCUT2D eigenvalue weighted by Gasteiger charge is -2.40. The summed E-state index contributed by atoms with van der Waals surface area (Å²) in [6.07, 6.45) is 2.13. The second-order valence-electron chi connectivity index (χ2n) is 4.82. The monoisotopic (exact) mass is 266 g/mol. The molecule has 19 heavy (non-hydrogen) atoms. The number of nitrogens with zero attached hydrogens (tertiary/aromatic N) is 1. The van der Waals surface area contributed by atoms with Crippen LogP contribution >= 0.6 is 0 Å². The number of rotatable bonds is 3. The molecule has 0 saturated carbocycles. The highest BCUT2D eigenvalue weighted by molar-refractivity contribution is 5.88. The van der Waals surface area contributed by atoms with Gasteiger partial charge < -0.3 is 25.2 Å². The molecule has 0 aromatic heterocycles. The average molecular weight is 266 g/mol. The normalized spacial score (nSPS) is 38.5.